The topological polar surface area (TPSA) is 12.5 Å². The highest BCUT2D eigenvalue weighted by molar-refractivity contribution is 14.1. The summed E-state index contributed by atoms with van der Waals surface area (Å²) in [5, 5.41) is 0. The number of likely N-dealkylation sites (tertiary alicyclic amines) is 1. The van der Waals surface area contributed by atoms with E-state index < -0.39 is 0 Å². The van der Waals surface area contributed by atoms with Crippen molar-refractivity contribution < 1.29 is 3.07 Å². The lowest BCUT2D eigenvalue weighted by atomic mass is 10.1. The van der Waals surface area contributed by atoms with Crippen LogP contribution in [0.15, 0.2) is 0 Å². The molecule has 1 rings (SSSR count). The van der Waals surface area contributed by atoms with Crippen LogP contribution in [-0.2, 0) is 3.07 Å². The van der Waals surface area contributed by atoms with Gasteiger partial charge in [0.25, 0.3) is 0 Å². The van der Waals surface area contributed by atoms with E-state index >= 15 is 0 Å². The summed E-state index contributed by atoms with van der Waals surface area (Å²) < 4.78 is 5.02. The van der Waals surface area contributed by atoms with Gasteiger partial charge in [0, 0.05) is 6.54 Å². The maximum atomic E-state index is 5.02. The van der Waals surface area contributed by atoms with Crippen molar-refractivity contribution in [1.29, 1.82) is 0 Å². The molecule has 1 heterocycles. The number of rotatable bonds is 2. The van der Waals surface area contributed by atoms with Crippen LogP contribution in [0, 0.1) is 5.92 Å². The van der Waals surface area contributed by atoms with Crippen molar-refractivity contribution in [3.05, 3.63) is 0 Å². The summed E-state index contributed by atoms with van der Waals surface area (Å²) in [4.78, 5) is 2.35. The second-order valence-corrected chi connectivity index (χ2v) is 3.32. The molecule has 0 aromatic carbocycles. The number of halogens is 1. The minimum absolute atomic E-state index is 0.784. The van der Waals surface area contributed by atoms with Crippen LogP contribution in [-0.4, -0.2) is 31.6 Å². The standard InChI is InChI=1S/C6H12INO/c1-8-3-2-6(4-8)5-9-7/h6H,2-5H2,1H3/t6-/m1/s1. The monoisotopic (exact) mass is 241 g/mol. The molecule has 1 aliphatic rings. The molecule has 2 nitrogen and oxygen atoms in total. The first kappa shape index (κ1) is 7.75. The Hall–Kier alpha value is 0.650. The molecule has 0 N–H and O–H groups in total. The van der Waals surface area contributed by atoms with Crippen molar-refractivity contribution in [2.45, 2.75) is 6.42 Å². The number of hydrogen-bond donors (Lipinski definition) is 0. The first-order valence-electron chi connectivity index (χ1n) is 3.25. The Morgan fingerprint density at radius 1 is 1.78 bits per heavy atom. The Kier molecular flexibility index (Phi) is 3.21. The second kappa shape index (κ2) is 3.73. The quantitative estimate of drug-likeness (QED) is 0.676. The molecule has 9 heavy (non-hydrogen) atoms. The van der Waals surface area contributed by atoms with E-state index in [9.17, 15) is 0 Å². The van der Waals surface area contributed by atoms with Crippen molar-refractivity contribution in [3.8, 4) is 0 Å². The van der Waals surface area contributed by atoms with E-state index in [1.807, 2.05) is 23.0 Å². The van der Waals surface area contributed by atoms with E-state index in [2.05, 4.69) is 11.9 Å². The SMILES string of the molecule is CN1CC[C@@H](COI)C1. The predicted molar refractivity (Wildman–Crippen MR) is 45.6 cm³/mol. The highest BCUT2D eigenvalue weighted by atomic mass is 127. The smallest absolute Gasteiger partial charge is 0.109 e. The summed E-state index contributed by atoms with van der Waals surface area (Å²) in [5.41, 5.74) is 0. The predicted octanol–water partition coefficient (Wildman–Crippen LogP) is 1.30. The molecule has 0 spiro atoms. The molecule has 0 amide bonds. The summed E-state index contributed by atoms with van der Waals surface area (Å²) in [6, 6.07) is 0. The normalized spacial score (nSPS) is 29.3. The van der Waals surface area contributed by atoms with Gasteiger partial charge in [0.05, 0.1) is 6.61 Å². The summed E-state index contributed by atoms with van der Waals surface area (Å²) in [7, 11) is 2.16. The van der Waals surface area contributed by atoms with Gasteiger partial charge < -0.3 is 7.97 Å². The lowest BCUT2D eigenvalue weighted by molar-refractivity contribution is 0.313. The van der Waals surface area contributed by atoms with E-state index in [1.54, 1.807) is 0 Å². The van der Waals surface area contributed by atoms with E-state index in [0.29, 0.717) is 0 Å². The van der Waals surface area contributed by atoms with Gasteiger partial charge in [0.1, 0.15) is 23.0 Å². The summed E-state index contributed by atoms with van der Waals surface area (Å²) in [6.45, 7) is 3.37. The molecular weight excluding hydrogens is 229 g/mol. The molecule has 1 saturated heterocycles. The highest BCUT2D eigenvalue weighted by Crippen LogP contribution is 2.14. The molecule has 0 bridgehead atoms. The highest BCUT2D eigenvalue weighted by Gasteiger charge is 2.18. The van der Waals surface area contributed by atoms with Crippen molar-refractivity contribution in [1.82, 2.24) is 4.90 Å². The van der Waals surface area contributed by atoms with Crippen LogP contribution in [0.4, 0.5) is 0 Å². The summed E-state index contributed by atoms with van der Waals surface area (Å²) in [6.07, 6.45) is 1.31. The molecule has 0 unspecified atom stereocenters. The largest absolute Gasteiger partial charge is 0.315 e. The third-order valence-corrected chi connectivity index (χ3v) is 2.15. The Balaban J connectivity index is 2.14. The van der Waals surface area contributed by atoms with Gasteiger partial charge in [0.15, 0.2) is 0 Å². The second-order valence-electron chi connectivity index (χ2n) is 2.69. The van der Waals surface area contributed by atoms with Crippen LogP contribution in [0.5, 0.6) is 0 Å². The van der Waals surface area contributed by atoms with Crippen molar-refractivity contribution in [3.63, 3.8) is 0 Å². The number of hydrogen-bond acceptors (Lipinski definition) is 2. The molecule has 1 fully saturated rings. The Morgan fingerprint density at radius 2 is 2.56 bits per heavy atom. The van der Waals surface area contributed by atoms with Crippen LogP contribution in [0.3, 0.4) is 0 Å². The Morgan fingerprint density at radius 3 is 3.00 bits per heavy atom. The van der Waals surface area contributed by atoms with Gasteiger partial charge in [-0.1, -0.05) is 0 Å². The van der Waals surface area contributed by atoms with E-state index in [4.69, 9.17) is 3.07 Å². The fourth-order valence-corrected chi connectivity index (χ4v) is 1.76. The van der Waals surface area contributed by atoms with Gasteiger partial charge in [-0.25, -0.2) is 0 Å². The fourth-order valence-electron chi connectivity index (χ4n) is 1.25. The third-order valence-electron chi connectivity index (χ3n) is 1.79. The average molecular weight is 241 g/mol. The molecule has 1 atom stereocenters. The first-order chi connectivity index (χ1) is 4.33. The van der Waals surface area contributed by atoms with Crippen LogP contribution in [0.2, 0.25) is 0 Å². The molecule has 0 radical (unpaired) electrons. The van der Waals surface area contributed by atoms with E-state index in [0.717, 1.165) is 12.5 Å². The Labute approximate surface area is 70.2 Å². The van der Waals surface area contributed by atoms with Crippen LogP contribution in [0.25, 0.3) is 0 Å². The zero-order chi connectivity index (χ0) is 6.69. The molecule has 1 aliphatic heterocycles. The molecule has 0 aromatic rings. The van der Waals surface area contributed by atoms with Gasteiger partial charge in [-0.3, -0.25) is 0 Å². The first-order valence-corrected chi connectivity index (χ1v) is 4.13. The lowest BCUT2D eigenvalue weighted by Crippen LogP contribution is -2.15. The number of nitrogens with zero attached hydrogens (tertiary/aromatic N) is 1. The molecule has 3 heteroatoms. The van der Waals surface area contributed by atoms with Crippen molar-refractivity contribution in [2.24, 2.45) is 5.92 Å². The van der Waals surface area contributed by atoms with Gasteiger partial charge in [0.2, 0.25) is 0 Å². The molecular formula is C6H12INO. The van der Waals surface area contributed by atoms with Gasteiger partial charge in [-0.2, -0.15) is 0 Å². The summed E-state index contributed by atoms with van der Waals surface area (Å²) >= 11 is 1.97. The zero-order valence-electron chi connectivity index (χ0n) is 5.64. The zero-order valence-corrected chi connectivity index (χ0v) is 7.80. The van der Waals surface area contributed by atoms with Crippen molar-refractivity contribution in [2.75, 3.05) is 26.7 Å². The minimum Gasteiger partial charge on any atom is -0.315 e. The van der Waals surface area contributed by atoms with Gasteiger partial charge in [-0.05, 0) is 25.9 Å². The fraction of sp³-hybridized carbons (Fsp3) is 1.00. The molecule has 54 valence electrons. The average Bonchev–Trinajstić information content (AvgIpc) is 2.17. The maximum absolute atomic E-state index is 5.02. The van der Waals surface area contributed by atoms with Gasteiger partial charge >= 0.3 is 0 Å². The van der Waals surface area contributed by atoms with Gasteiger partial charge in [-0.15, -0.1) is 0 Å². The lowest BCUT2D eigenvalue weighted by Gasteiger charge is -2.06. The minimum atomic E-state index is 0.784. The van der Waals surface area contributed by atoms with Crippen molar-refractivity contribution >= 4 is 23.0 Å². The van der Waals surface area contributed by atoms with E-state index in [1.165, 1.54) is 19.5 Å². The molecule has 0 aliphatic carbocycles. The summed E-state index contributed by atoms with van der Waals surface area (Å²) in [5.74, 6) is 0.784. The molecule has 0 aromatic heterocycles. The maximum Gasteiger partial charge on any atom is 0.109 e. The van der Waals surface area contributed by atoms with E-state index in [-0.39, 0.29) is 0 Å². The Bertz CT molecular complexity index is 87.1. The third kappa shape index (κ3) is 2.39. The van der Waals surface area contributed by atoms with Crippen LogP contribution < -0.4 is 0 Å². The van der Waals surface area contributed by atoms with Crippen LogP contribution >= 0.6 is 23.0 Å². The van der Waals surface area contributed by atoms with Crippen LogP contribution in [0.1, 0.15) is 6.42 Å². The molecule has 0 saturated carbocycles.